The van der Waals surface area contributed by atoms with Crippen LogP contribution in [0.25, 0.3) is 0 Å². The van der Waals surface area contributed by atoms with Gasteiger partial charge >= 0.3 is 6.18 Å². The van der Waals surface area contributed by atoms with E-state index in [0.717, 1.165) is 12.1 Å². The van der Waals surface area contributed by atoms with Gasteiger partial charge in [0.25, 0.3) is 0 Å². The lowest BCUT2D eigenvalue weighted by atomic mass is 10.2. The van der Waals surface area contributed by atoms with Gasteiger partial charge in [-0.25, -0.2) is 0 Å². The molecule has 0 aliphatic carbocycles. The third-order valence-electron chi connectivity index (χ3n) is 1.90. The van der Waals surface area contributed by atoms with Crippen molar-refractivity contribution in [2.45, 2.75) is 19.1 Å². The highest BCUT2D eigenvalue weighted by atomic mass is 19.4. The molecule has 1 atom stereocenters. The zero-order valence-electron chi connectivity index (χ0n) is 8.17. The van der Waals surface area contributed by atoms with E-state index in [-0.39, 0.29) is 12.6 Å². The first-order chi connectivity index (χ1) is 6.93. The standard InChI is InChI=1S/C10H12F3NO/c1-7(6-15)14-9-4-2-8(3-5-9)10(11,12)13/h2-5,7,14-15H,6H2,1H3. The molecule has 0 aliphatic rings. The highest BCUT2D eigenvalue weighted by molar-refractivity contribution is 5.45. The number of halogens is 3. The fourth-order valence-corrected chi connectivity index (χ4v) is 1.09. The lowest BCUT2D eigenvalue weighted by Gasteiger charge is -2.13. The van der Waals surface area contributed by atoms with Crippen LogP contribution in [-0.2, 0) is 6.18 Å². The molecule has 1 aromatic carbocycles. The first-order valence-corrected chi connectivity index (χ1v) is 4.48. The minimum absolute atomic E-state index is 0.0684. The van der Waals surface area contributed by atoms with Gasteiger partial charge in [0.05, 0.1) is 12.2 Å². The average Bonchev–Trinajstić information content (AvgIpc) is 2.17. The van der Waals surface area contributed by atoms with Gasteiger partial charge in [-0.2, -0.15) is 13.2 Å². The molecule has 1 unspecified atom stereocenters. The Morgan fingerprint density at radius 3 is 2.20 bits per heavy atom. The summed E-state index contributed by atoms with van der Waals surface area (Å²) in [6, 6.07) is 4.52. The Morgan fingerprint density at radius 1 is 1.27 bits per heavy atom. The molecular weight excluding hydrogens is 207 g/mol. The van der Waals surface area contributed by atoms with E-state index >= 15 is 0 Å². The summed E-state index contributed by atoms with van der Waals surface area (Å²) < 4.78 is 36.6. The van der Waals surface area contributed by atoms with E-state index in [0.29, 0.717) is 5.69 Å². The highest BCUT2D eigenvalue weighted by Gasteiger charge is 2.29. The molecule has 2 N–H and O–H groups in total. The molecular formula is C10H12F3NO. The van der Waals surface area contributed by atoms with Crippen LogP contribution in [0.3, 0.4) is 0 Å². The van der Waals surface area contributed by atoms with Crippen LogP contribution in [0.1, 0.15) is 12.5 Å². The Bertz CT molecular complexity index is 307. The molecule has 1 aromatic rings. The van der Waals surface area contributed by atoms with Crippen molar-refractivity contribution in [2.24, 2.45) is 0 Å². The van der Waals surface area contributed by atoms with Gasteiger partial charge in [0.2, 0.25) is 0 Å². The zero-order valence-corrected chi connectivity index (χ0v) is 8.17. The maximum Gasteiger partial charge on any atom is 0.416 e. The first kappa shape index (κ1) is 11.8. The second-order valence-corrected chi connectivity index (χ2v) is 3.30. The number of anilines is 1. The van der Waals surface area contributed by atoms with E-state index in [9.17, 15) is 13.2 Å². The predicted molar refractivity (Wildman–Crippen MR) is 51.6 cm³/mol. The third kappa shape index (κ3) is 3.43. The second-order valence-electron chi connectivity index (χ2n) is 3.30. The molecule has 2 nitrogen and oxygen atoms in total. The van der Waals surface area contributed by atoms with Gasteiger partial charge in [-0.15, -0.1) is 0 Å². The number of alkyl halides is 3. The molecule has 1 rings (SSSR count). The summed E-state index contributed by atoms with van der Waals surface area (Å²) in [7, 11) is 0. The smallest absolute Gasteiger partial charge is 0.394 e. The molecule has 0 fully saturated rings. The third-order valence-corrected chi connectivity index (χ3v) is 1.90. The summed E-state index contributed by atoms with van der Waals surface area (Å²) in [4.78, 5) is 0. The molecule has 5 heteroatoms. The van der Waals surface area contributed by atoms with Crippen LogP contribution in [0.15, 0.2) is 24.3 Å². The molecule has 0 aromatic heterocycles. The molecule has 0 spiro atoms. The summed E-state index contributed by atoms with van der Waals surface area (Å²) >= 11 is 0. The number of rotatable bonds is 3. The van der Waals surface area contributed by atoms with Crippen molar-refractivity contribution in [2.75, 3.05) is 11.9 Å². The Kier molecular flexibility index (Phi) is 3.57. The molecule has 0 saturated carbocycles. The lowest BCUT2D eigenvalue weighted by Crippen LogP contribution is -2.19. The fraction of sp³-hybridized carbons (Fsp3) is 0.400. The lowest BCUT2D eigenvalue weighted by molar-refractivity contribution is -0.137. The number of nitrogens with one attached hydrogen (secondary N) is 1. The number of hydrogen-bond donors (Lipinski definition) is 2. The van der Waals surface area contributed by atoms with Crippen LogP contribution in [0.4, 0.5) is 18.9 Å². The Labute approximate surface area is 85.7 Å². The minimum atomic E-state index is -4.30. The number of aliphatic hydroxyl groups is 1. The van der Waals surface area contributed by atoms with E-state index in [4.69, 9.17) is 5.11 Å². The normalized spacial score (nSPS) is 13.7. The van der Waals surface area contributed by atoms with Gasteiger partial charge in [-0.3, -0.25) is 0 Å². The summed E-state index contributed by atoms with van der Waals surface area (Å²) in [5, 5.41) is 11.6. The Morgan fingerprint density at radius 2 is 1.80 bits per heavy atom. The van der Waals surface area contributed by atoms with Crippen molar-refractivity contribution >= 4 is 5.69 Å². The quantitative estimate of drug-likeness (QED) is 0.818. The topological polar surface area (TPSA) is 32.3 Å². The molecule has 0 radical (unpaired) electrons. The minimum Gasteiger partial charge on any atom is -0.394 e. The Balaban J connectivity index is 2.73. The molecule has 0 bridgehead atoms. The average molecular weight is 219 g/mol. The van der Waals surface area contributed by atoms with Crippen LogP contribution in [0.2, 0.25) is 0 Å². The van der Waals surface area contributed by atoms with Crippen molar-refractivity contribution in [1.82, 2.24) is 0 Å². The van der Waals surface area contributed by atoms with Crippen molar-refractivity contribution in [1.29, 1.82) is 0 Å². The zero-order chi connectivity index (χ0) is 11.5. The monoisotopic (exact) mass is 219 g/mol. The van der Waals surface area contributed by atoms with Gasteiger partial charge in [0, 0.05) is 11.7 Å². The van der Waals surface area contributed by atoms with E-state index < -0.39 is 11.7 Å². The van der Waals surface area contributed by atoms with Crippen LogP contribution in [0, 0.1) is 0 Å². The second kappa shape index (κ2) is 4.53. The van der Waals surface area contributed by atoms with E-state index in [2.05, 4.69) is 5.32 Å². The van der Waals surface area contributed by atoms with Crippen LogP contribution in [-0.4, -0.2) is 17.8 Å². The van der Waals surface area contributed by atoms with E-state index in [1.54, 1.807) is 6.92 Å². The molecule has 84 valence electrons. The summed E-state index contributed by atoms with van der Waals surface area (Å²) in [5.41, 5.74) is -0.116. The first-order valence-electron chi connectivity index (χ1n) is 4.48. The van der Waals surface area contributed by atoms with Gasteiger partial charge in [0.1, 0.15) is 0 Å². The predicted octanol–water partition coefficient (Wildman–Crippen LogP) is 2.50. The van der Waals surface area contributed by atoms with Crippen molar-refractivity contribution in [3.63, 3.8) is 0 Å². The van der Waals surface area contributed by atoms with Gasteiger partial charge in [-0.1, -0.05) is 0 Å². The molecule has 0 aliphatic heterocycles. The summed E-state index contributed by atoms with van der Waals surface area (Å²) in [6.45, 7) is 1.67. The molecule has 0 amide bonds. The van der Waals surface area contributed by atoms with Gasteiger partial charge in [-0.05, 0) is 31.2 Å². The number of benzene rings is 1. The maximum atomic E-state index is 12.2. The summed E-state index contributed by atoms with van der Waals surface area (Å²) in [5.74, 6) is 0. The van der Waals surface area contributed by atoms with Crippen molar-refractivity contribution < 1.29 is 18.3 Å². The van der Waals surface area contributed by atoms with Crippen LogP contribution < -0.4 is 5.32 Å². The highest BCUT2D eigenvalue weighted by Crippen LogP contribution is 2.29. The van der Waals surface area contributed by atoms with Gasteiger partial charge < -0.3 is 10.4 Å². The SMILES string of the molecule is CC(CO)Nc1ccc(C(F)(F)F)cc1. The van der Waals surface area contributed by atoms with Crippen molar-refractivity contribution in [3.8, 4) is 0 Å². The largest absolute Gasteiger partial charge is 0.416 e. The van der Waals surface area contributed by atoms with Crippen molar-refractivity contribution in [3.05, 3.63) is 29.8 Å². The number of hydrogen-bond acceptors (Lipinski definition) is 2. The number of aliphatic hydroxyl groups excluding tert-OH is 1. The molecule has 0 saturated heterocycles. The van der Waals surface area contributed by atoms with Gasteiger partial charge in [0.15, 0.2) is 0 Å². The molecule has 0 heterocycles. The van der Waals surface area contributed by atoms with E-state index in [1.165, 1.54) is 12.1 Å². The maximum absolute atomic E-state index is 12.2. The van der Waals surface area contributed by atoms with E-state index in [1.807, 2.05) is 0 Å². The van der Waals surface area contributed by atoms with Crippen LogP contribution in [0.5, 0.6) is 0 Å². The fourth-order valence-electron chi connectivity index (χ4n) is 1.09. The molecule has 15 heavy (non-hydrogen) atoms. The Hall–Kier alpha value is -1.23. The van der Waals surface area contributed by atoms with Crippen LogP contribution >= 0.6 is 0 Å². The summed E-state index contributed by atoms with van der Waals surface area (Å²) in [6.07, 6.45) is -4.30.